The number of anilines is 1. The number of rotatable bonds is 5. The van der Waals surface area contributed by atoms with E-state index in [0.717, 1.165) is 17.9 Å². The lowest BCUT2D eigenvalue weighted by Gasteiger charge is -2.13. The van der Waals surface area contributed by atoms with Gasteiger partial charge in [0.05, 0.1) is 0 Å². The van der Waals surface area contributed by atoms with Crippen molar-refractivity contribution in [3.63, 3.8) is 0 Å². The summed E-state index contributed by atoms with van der Waals surface area (Å²) in [7, 11) is 0. The first-order valence-electron chi connectivity index (χ1n) is 5.32. The van der Waals surface area contributed by atoms with Crippen LogP contribution in [0.3, 0.4) is 0 Å². The summed E-state index contributed by atoms with van der Waals surface area (Å²) in [6, 6.07) is 2.18. The van der Waals surface area contributed by atoms with Crippen molar-refractivity contribution in [1.29, 1.82) is 0 Å². The molecule has 4 heteroatoms. The third-order valence-corrected chi connectivity index (χ3v) is 2.24. The summed E-state index contributed by atoms with van der Waals surface area (Å²) in [4.78, 5) is 8.33. The molecular weight excluding hydrogens is 190 g/mol. The second-order valence-electron chi connectivity index (χ2n) is 4.04. The molecule has 4 nitrogen and oxygen atoms in total. The molecule has 0 aliphatic heterocycles. The van der Waals surface area contributed by atoms with Gasteiger partial charge in [0.1, 0.15) is 12.1 Å². The largest absolute Gasteiger partial charge is 0.396 e. The van der Waals surface area contributed by atoms with Crippen LogP contribution in [0.4, 0.5) is 5.82 Å². The van der Waals surface area contributed by atoms with Crippen LogP contribution in [0.25, 0.3) is 0 Å². The van der Waals surface area contributed by atoms with Crippen LogP contribution in [0.1, 0.15) is 38.8 Å². The van der Waals surface area contributed by atoms with Gasteiger partial charge in [0.15, 0.2) is 0 Å². The molecule has 0 bridgehead atoms. The van der Waals surface area contributed by atoms with E-state index in [-0.39, 0.29) is 12.6 Å². The summed E-state index contributed by atoms with van der Waals surface area (Å²) in [6.07, 6.45) is 2.30. The van der Waals surface area contributed by atoms with Gasteiger partial charge in [-0.2, -0.15) is 0 Å². The van der Waals surface area contributed by atoms with Crippen LogP contribution in [0, 0.1) is 0 Å². The van der Waals surface area contributed by atoms with Crippen molar-refractivity contribution in [3.8, 4) is 0 Å². The Balaban J connectivity index is 2.65. The van der Waals surface area contributed by atoms with E-state index in [1.54, 1.807) is 6.33 Å². The molecule has 1 aromatic rings. The Morgan fingerprint density at radius 1 is 1.33 bits per heavy atom. The van der Waals surface area contributed by atoms with Crippen molar-refractivity contribution in [2.45, 2.75) is 39.2 Å². The van der Waals surface area contributed by atoms with Crippen LogP contribution >= 0.6 is 0 Å². The quantitative estimate of drug-likeness (QED) is 0.776. The molecule has 1 atom stereocenters. The zero-order valence-electron chi connectivity index (χ0n) is 9.57. The van der Waals surface area contributed by atoms with E-state index in [1.165, 1.54) is 0 Å². The van der Waals surface area contributed by atoms with E-state index >= 15 is 0 Å². The number of hydrogen-bond acceptors (Lipinski definition) is 4. The van der Waals surface area contributed by atoms with Crippen molar-refractivity contribution in [2.75, 3.05) is 11.9 Å². The molecule has 84 valence electrons. The van der Waals surface area contributed by atoms with Crippen LogP contribution in [0.2, 0.25) is 0 Å². The molecule has 1 rings (SSSR count). The van der Waals surface area contributed by atoms with E-state index in [4.69, 9.17) is 5.11 Å². The van der Waals surface area contributed by atoms with Gasteiger partial charge in [-0.1, -0.05) is 13.8 Å². The molecule has 2 N–H and O–H groups in total. The highest BCUT2D eigenvalue weighted by molar-refractivity contribution is 5.36. The molecule has 0 aliphatic carbocycles. The molecule has 0 spiro atoms. The number of nitrogens with zero attached hydrogens (tertiary/aromatic N) is 2. The summed E-state index contributed by atoms with van der Waals surface area (Å²) in [6.45, 7) is 6.41. The third kappa shape index (κ3) is 3.83. The van der Waals surface area contributed by atoms with Gasteiger partial charge in [0.25, 0.3) is 0 Å². The molecule has 0 aromatic carbocycles. The minimum absolute atomic E-state index is 0.191. The fourth-order valence-electron chi connectivity index (χ4n) is 1.29. The van der Waals surface area contributed by atoms with Crippen LogP contribution < -0.4 is 5.32 Å². The number of nitrogens with one attached hydrogen (secondary N) is 1. The van der Waals surface area contributed by atoms with Gasteiger partial charge >= 0.3 is 0 Å². The molecule has 15 heavy (non-hydrogen) atoms. The van der Waals surface area contributed by atoms with Gasteiger partial charge in [0, 0.05) is 24.4 Å². The topological polar surface area (TPSA) is 58.0 Å². The minimum Gasteiger partial charge on any atom is -0.396 e. The highest BCUT2D eigenvalue weighted by atomic mass is 16.3. The highest BCUT2D eigenvalue weighted by Crippen LogP contribution is 2.14. The molecule has 0 radical (unpaired) electrons. The zero-order chi connectivity index (χ0) is 11.3. The van der Waals surface area contributed by atoms with Crippen LogP contribution in [0.5, 0.6) is 0 Å². The maximum Gasteiger partial charge on any atom is 0.129 e. The van der Waals surface area contributed by atoms with E-state index in [1.807, 2.05) is 13.0 Å². The molecule has 1 heterocycles. The van der Waals surface area contributed by atoms with E-state index < -0.39 is 0 Å². The molecule has 0 aliphatic rings. The van der Waals surface area contributed by atoms with Gasteiger partial charge in [-0.3, -0.25) is 0 Å². The van der Waals surface area contributed by atoms with Gasteiger partial charge in [0.2, 0.25) is 0 Å². The van der Waals surface area contributed by atoms with E-state index in [0.29, 0.717) is 5.92 Å². The van der Waals surface area contributed by atoms with Crippen molar-refractivity contribution in [2.24, 2.45) is 0 Å². The normalized spacial score (nSPS) is 12.9. The fraction of sp³-hybridized carbons (Fsp3) is 0.636. The molecule has 0 saturated heterocycles. The average molecular weight is 209 g/mol. The Morgan fingerprint density at radius 2 is 2.07 bits per heavy atom. The van der Waals surface area contributed by atoms with Crippen LogP contribution in [-0.2, 0) is 0 Å². The van der Waals surface area contributed by atoms with Gasteiger partial charge in [-0.15, -0.1) is 0 Å². The number of aliphatic hydroxyl groups is 1. The SMILES string of the molecule is CC(CCO)Nc1cc(C(C)C)ncn1. The average Bonchev–Trinajstić information content (AvgIpc) is 2.18. The first-order chi connectivity index (χ1) is 7.13. The smallest absolute Gasteiger partial charge is 0.129 e. The predicted octanol–water partition coefficient (Wildman–Crippen LogP) is 1.78. The van der Waals surface area contributed by atoms with Crippen molar-refractivity contribution < 1.29 is 5.11 Å². The van der Waals surface area contributed by atoms with Gasteiger partial charge in [-0.05, 0) is 19.3 Å². The second kappa shape index (κ2) is 5.66. The third-order valence-electron chi connectivity index (χ3n) is 2.24. The Labute approximate surface area is 90.8 Å². The first kappa shape index (κ1) is 11.9. The molecule has 0 saturated carbocycles. The first-order valence-corrected chi connectivity index (χ1v) is 5.32. The maximum absolute atomic E-state index is 8.78. The molecule has 0 fully saturated rings. The maximum atomic E-state index is 8.78. The molecule has 1 aromatic heterocycles. The monoisotopic (exact) mass is 209 g/mol. The highest BCUT2D eigenvalue weighted by Gasteiger charge is 2.05. The lowest BCUT2D eigenvalue weighted by Crippen LogP contribution is -2.17. The summed E-state index contributed by atoms with van der Waals surface area (Å²) in [5.74, 6) is 1.23. The number of aliphatic hydroxyl groups excluding tert-OH is 1. The minimum atomic E-state index is 0.191. The fourth-order valence-corrected chi connectivity index (χ4v) is 1.29. The lowest BCUT2D eigenvalue weighted by atomic mass is 10.1. The summed E-state index contributed by atoms with van der Waals surface area (Å²) < 4.78 is 0. The predicted molar refractivity (Wildman–Crippen MR) is 60.9 cm³/mol. The Bertz CT molecular complexity index is 302. The zero-order valence-corrected chi connectivity index (χ0v) is 9.57. The van der Waals surface area contributed by atoms with E-state index in [9.17, 15) is 0 Å². The van der Waals surface area contributed by atoms with Crippen molar-refractivity contribution in [3.05, 3.63) is 18.1 Å². The standard InChI is InChI=1S/C11H19N3O/c1-8(2)10-6-11(13-7-12-10)14-9(3)4-5-15/h6-9,15H,4-5H2,1-3H3,(H,12,13,14). The Hall–Kier alpha value is -1.16. The second-order valence-corrected chi connectivity index (χ2v) is 4.04. The number of hydrogen-bond donors (Lipinski definition) is 2. The summed E-state index contributed by atoms with van der Waals surface area (Å²) in [5, 5.41) is 12.0. The molecule has 1 unspecified atom stereocenters. The summed E-state index contributed by atoms with van der Waals surface area (Å²) >= 11 is 0. The van der Waals surface area contributed by atoms with Gasteiger partial charge in [-0.25, -0.2) is 9.97 Å². The van der Waals surface area contributed by atoms with Crippen molar-refractivity contribution in [1.82, 2.24) is 9.97 Å². The Kier molecular flexibility index (Phi) is 4.49. The van der Waals surface area contributed by atoms with Crippen LogP contribution in [-0.4, -0.2) is 27.7 Å². The Morgan fingerprint density at radius 3 is 2.67 bits per heavy atom. The van der Waals surface area contributed by atoms with E-state index in [2.05, 4.69) is 29.1 Å². The van der Waals surface area contributed by atoms with Gasteiger partial charge < -0.3 is 10.4 Å². The summed E-state index contributed by atoms with van der Waals surface area (Å²) in [5.41, 5.74) is 1.03. The van der Waals surface area contributed by atoms with Crippen molar-refractivity contribution >= 4 is 5.82 Å². The number of aromatic nitrogens is 2. The lowest BCUT2D eigenvalue weighted by molar-refractivity contribution is 0.282. The molecular formula is C11H19N3O. The van der Waals surface area contributed by atoms with Crippen LogP contribution in [0.15, 0.2) is 12.4 Å². The molecule has 0 amide bonds.